The minimum absolute atomic E-state index is 0.232. The smallest absolute Gasteiger partial charge is 0.148 e. The zero-order valence-electron chi connectivity index (χ0n) is 13.5. The zero-order chi connectivity index (χ0) is 16.4. The largest absolute Gasteiger partial charge is 0.373 e. The average molecular weight is 312 g/mol. The van der Waals surface area contributed by atoms with Crippen molar-refractivity contribution in [3.8, 4) is 6.07 Å². The number of aliphatic hydroxyl groups excluding tert-OH is 1. The monoisotopic (exact) mass is 312 g/mol. The van der Waals surface area contributed by atoms with E-state index in [1.165, 1.54) is 0 Å². The molecule has 2 aromatic rings. The third-order valence-electron chi connectivity index (χ3n) is 4.88. The second kappa shape index (κ2) is 6.71. The lowest BCUT2D eigenvalue weighted by Crippen LogP contribution is -2.44. The topological polar surface area (TPSA) is 89.1 Å². The predicted molar refractivity (Wildman–Crippen MR) is 90.6 cm³/mol. The maximum Gasteiger partial charge on any atom is 0.148 e. The lowest BCUT2D eigenvalue weighted by atomic mass is 9.90. The number of nitrogens with zero attached hydrogens (tertiary/aromatic N) is 2. The van der Waals surface area contributed by atoms with E-state index >= 15 is 0 Å². The van der Waals surface area contributed by atoms with Gasteiger partial charge in [-0.05, 0) is 50.1 Å². The second-order valence-electron chi connectivity index (χ2n) is 6.42. The van der Waals surface area contributed by atoms with E-state index < -0.39 is 6.23 Å². The summed E-state index contributed by atoms with van der Waals surface area (Å²) in [7, 11) is 0. The number of fused-ring (bicyclic) bond motifs is 1. The van der Waals surface area contributed by atoms with Crippen LogP contribution in [0.2, 0.25) is 0 Å². The molecular formula is C18H24N4O. The van der Waals surface area contributed by atoms with Crippen molar-refractivity contribution in [1.29, 1.82) is 5.26 Å². The molecule has 1 aliphatic rings. The lowest BCUT2D eigenvalue weighted by molar-refractivity contribution is -0.0374. The molecule has 1 aliphatic carbocycles. The van der Waals surface area contributed by atoms with E-state index in [4.69, 9.17) is 11.0 Å². The number of aromatic nitrogens is 1. The van der Waals surface area contributed by atoms with Gasteiger partial charge in [0, 0.05) is 23.0 Å². The van der Waals surface area contributed by atoms with Gasteiger partial charge in [-0.25, -0.2) is 0 Å². The highest BCUT2D eigenvalue weighted by atomic mass is 16.3. The molecule has 1 heterocycles. The fourth-order valence-corrected chi connectivity index (χ4v) is 3.68. The van der Waals surface area contributed by atoms with Crippen LogP contribution in [-0.2, 0) is 0 Å². The van der Waals surface area contributed by atoms with Gasteiger partial charge in [-0.3, -0.25) is 4.90 Å². The summed E-state index contributed by atoms with van der Waals surface area (Å²) in [5, 5.41) is 20.8. The van der Waals surface area contributed by atoms with Crippen LogP contribution < -0.4 is 5.73 Å². The quantitative estimate of drug-likeness (QED) is 0.757. The molecule has 0 saturated heterocycles. The van der Waals surface area contributed by atoms with Crippen molar-refractivity contribution in [3.63, 3.8) is 0 Å². The molecule has 23 heavy (non-hydrogen) atoms. The molecule has 1 fully saturated rings. The summed E-state index contributed by atoms with van der Waals surface area (Å²) in [6.07, 6.45) is 3.54. The van der Waals surface area contributed by atoms with Crippen LogP contribution in [0.15, 0.2) is 24.3 Å². The molecule has 0 spiro atoms. The van der Waals surface area contributed by atoms with Crippen LogP contribution in [0.25, 0.3) is 10.9 Å². The van der Waals surface area contributed by atoms with Gasteiger partial charge < -0.3 is 15.8 Å². The van der Waals surface area contributed by atoms with E-state index in [2.05, 4.69) is 22.9 Å². The molecule has 1 saturated carbocycles. The molecule has 0 radical (unpaired) electrons. The number of hydrogen-bond acceptors (Lipinski definition) is 4. The number of H-pyrrole nitrogens is 1. The van der Waals surface area contributed by atoms with Gasteiger partial charge >= 0.3 is 0 Å². The Morgan fingerprint density at radius 2 is 2.26 bits per heavy atom. The Morgan fingerprint density at radius 1 is 1.43 bits per heavy atom. The van der Waals surface area contributed by atoms with E-state index in [9.17, 15) is 5.11 Å². The number of nitrogens with one attached hydrogen (secondary N) is 1. The first kappa shape index (κ1) is 16.0. The van der Waals surface area contributed by atoms with Gasteiger partial charge in [0.25, 0.3) is 0 Å². The van der Waals surface area contributed by atoms with Crippen LogP contribution in [0.1, 0.15) is 50.1 Å². The minimum atomic E-state index is -0.673. The normalized spacial score (nSPS) is 23.1. The van der Waals surface area contributed by atoms with Gasteiger partial charge in [-0.1, -0.05) is 13.3 Å². The van der Waals surface area contributed by atoms with E-state index in [1.807, 2.05) is 18.2 Å². The van der Waals surface area contributed by atoms with E-state index in [0.717, 1.165) is 48.8 Å². The van der Waals surface area contributed by atoms with Gasteiger partial charge in [0.2, 0.25) is 0 Å². The molecular weight excluding hydrogens is 288 g/mol. The van der Waals surface area contributed by atoms with Crippen molar-refractivity contribution in [1.82, 2.24) is 9.88 Å². The first-order valence-electron chi connectivity index (χ1n) is 8.34. The van der Waals surface area contributed by atoms with E-state index in [-0.39, 0.29) is 6.04 Å². The third kappa shape index (κ3) is 3.25. The molecule has 0 bridgehead atoms. The van der Waals surface area contributed by atoms with Crippen LogP contribution in [0.4, 0.5) is 0 Å². The van der Waals surface area contributed by atoms with Gasteiger partial charge in [0.05, 0.1) is 17.3 Å². The summed E-state index contributed by atoms with van der Waals surface area (Å²) in [6, 6.07) is 10.1. The number of nitriles is 1. The van der Waals surface area contributed by atoms with Gasteiger partial charge in [-0.2, -0.15) is 5.26 Å². The minimum Gasteiger partial charge on any atom is -0.373 e. The summed E-state index contributed by atoms with van der Waals surface area (Å²) in [5.41, 5.74) is 8.44. The number of aromatic amines is 1. The van der Waals surface area contributed by atoms with Crippen LogP contribution >= 0.6 is 0 Å². The van der Waals surface area contributed by atoms with Crippen molar-refractivity contribution in [2.45, 2.75) is 50.9 Å². The van der Waals surface area contributed by atoms with Gasteiger partial charge in [-0.15, -0.1) is 0 Å². The number of aliphatic hydroxyl groups is 1. The van der Waals surface area contributed by atoms with Crippen LogP contribution in [-0.4, -0.2) is 33.6 Å². The van der Waals surface area contributed by atoms with Crippen LogP contribution in [0.5, 0.6) is 0 Å². The highest BCUT2D eigenvalue weighted by Crippen LogP contribution is 2.29. The molecule has 1 aromatic heterocycles. The molecule has 5 heteroatoms. The maximum absolute atomic E-state index is 10.8. The SMILES string of the molecule is CCN(C(O)c1cc2cc(C#N)ccc2[nH]1)[C@H]1CCCC(N)C1. The first-order chi connectivity index (χ1) is 11.1. The Labute approximate surface area is 136 Å². The zero-order valence-corrected chi connectivity index (χ0v) is 13.5. The second-order valence-corrected chi connectivity index (χ2v) is 6.42. The Kier molecular flexibility index (Phi) is 4.67. The fraction of sp³-hybridized carbons (Fsp3) is 0.500. The summed E-state index contributed by atoms with van der Waals surface area (Å²) in [5.74, 6) is 0. The molecule has 2 unspecified atom stereocenters. The summed E-state index contributed by atoms with van der Waals surface area (Å²) >= 11 is 0. The van der Waals surface area contributed by atoms with Crippen molar-refractivity contribution in [2.75, 3.05) is 6.54 Å². The van der Waals surface area contributed by atoms with Crippen molar-refractivity contribution < 1.29 is 5.11 Å². The molecule has 0 amide bonds. The molecule has 0 aliphatic heterocycles. The molecule has 4 N–H and O–H groups in total. The third-order valence-corrected chi connectivity index (χ3v) is 4.88. The molecule has 1 aromatic carbocycles. The summed E-state index contributed by atoms with van der Waals surface area (Å²) < 4.78 is 0. The molecule has 5 nitrogen and oxygen atoms in total. The number of benzene rings is 1. The van der Waals surface area contributed by atoms with Crippen molar-refractivity contribution in [3.05, 3.63) is 35.5 Å². The molecule has 122 valence electrons. The summed E-state index contributed by atoms with van der Waals surface area (Å²) in [4.78, 5) is 5.40. The maximum atomic E-state index is 10.8. The Balaban J connectivity index is 1.85. The number of hydrogen-bond donors (Lipinski definition) is 3. The fourth-order valence-electron chi connectivity index (χ4n) is 3.68. The van der Waals surface area contributed by atoms with Crippen molar-refractivity contribution >= 4 is 10.9 Å². The first-order valence-corrected chi connectivity index (χ1v) is 8.34. The standard InChI is InChI=1S/C18H24N4O/c1-2-22(15-5-3-4-14(20)10-15)18(23)17-9-13-8-12(11-19)6-7-16(13)21-17/h6-9,14-15,18,21,23H,2-5,10,20H2,1H3/t14?,15-,18?/m0/s1. The average Bonchev–Trinajstić information content (AvgIpc) is 2.98. The van der Waals surface area contributed by atoms with Gasteiger partial charge in [0.1, 0.15) is 6.23 Å². The van der Waals surface area contributed by atoms with E-state index in [0.29, 0.717) is 11.6 Å². The Morgan fingerprint density at radius 3 is 2.96 bits per heavy atom. The highest BCUT2D eigenvalue weighted by molar-refractivity contribution is 5.81. The van der Waals surface area contributed by atoms with Crippen molar-refractivity contribution in [2.24, 2.45) is 5.73 Å². The highest BCUT2D eigenvalue weighted by Gasteiger charge is 2.29. The van der Waals surface area contributed by atoms with Gasteiger partial charge in [0.15, 0.2) is 0 Å². The van der Waals surface area contributed by atoms with E-state index in [1.54, 1.807) is 6.07 Å². The lowest BCUT2D eigenvalue weighted by Gasteiger charge is -2.38. The number of nitrogens with two attached hydrogens (primary N) is 1. The Bertz CT molecular complexity index is 717. The van der Waals surface area contributed by atoms with Crippen LogP contribution in [0, 0.1) is 11.3 Å². The number of rotatable bonds is 4. The van der Waals surface area contributed by atoms with Crippen LogP contribution in [0.3, 0.4) is 0 Å². The summed E-state index contributed by atoms with van der Waals surface area (Å²) in [6.45, 7) is 2.84. The predicted octanol–water partition coefficient (Wildman–Crippen LogP) is 2.62. The Hall–Kier alpha value is -1.87. The molecule has 3 rings (SSSR count). The molecule has 3 atom stereocenters.